The summed E-state index contributed by atoms with van der Waals surface area (Å²) in [5, 5.41) is 45.7. The highest BCUT2D eigenvalue weighted by Crippen LogP contribution is 2.70. The summed E-state index contributed by atoms with van der Waals surface area (Å²) < 4.78 is 41.1. The number of imide groups is 1. The van der Waals surface area contributed by atoms with Crippen molar-refractivity contribution in [1.29, 1.82) is 0 Å². The van der Waals surface area contributed by atoms with Crippen molar-refractivity contribution in [3.63, 3.8) is 0 Å². The Morgan fingerprint density at radius 3 is 2.28 bits per heavy atom. The number of aliphatic hydroxyl groups is 4. The van der Waals surface area contributed by atoms with Gasteiger partial charge in [-0.3, -0.25) is 9.59 Å². The summed E-state index contributed by atoms with van der Waals surface area (Å²) in [7, 11) is 4.18. The molecule has 9 atom stereocenters. The topological polar surface area (TPSA) is 209 Å². The van der Waals surface area contributed by atoms with Crippen LogP contribution in [0.25, 0.3) is 0 Å². The van der Waals surface area contributed by atoms with Crippen LogP contribution in [0.5, 0.6) is 23.0 Å². The van der Waals surface area contributed by atoms with Crippen molar-refractivity contribution in [2.75, 3.05) is 34.5 Å². The van der Waals surface area contributed by atoms with Gasteiger partial charge in [0.1, 0.15) is 41.3 Å². The molecule has 7 rings (SSSR count). The Balaban J connectivity index is 1.38. The molecule has 1 aliphatic carbocycles. The number of amides is 2. The molecule has 3 aliphatic heterocycles. The quantitative estimate of drug-likeness (QED) is 0.203. The summed E-state index contributed by atoms with van der Waals surface area (Å²) in [6.07, 6.45) is -6.79. The van der Waals surface area contributed by atoms with Gasteiger partial charge in [-0.25, -0.2) is 4.79 Å². The maximum Gasteiger partial charge on any atom is 0.339 e. The highest BCUT2D eigenvalue weighted by atomic mass is 16.8. The van der Waals surface area contributed by atoms with Gasteiger partial charge >= 0.3 is 5.97 Å². The third-order valence-electron chi connectivity index (χ3n) is 10.2. The lowest BCUT2D eigenvalue weighted by molar-refractivity contribution is -0.324. The summed E-state index contributed by atoms with van der Waals surface area (Å²) in [5.74, 6) is -4.85. The number of hydrogen-bond acceptors (Lipinski definition) is 15. The molecule has 0 radical (unpaired) electrons. The molecular weight excluding hydrogens is 698 g/mol. The van der Waals surface area contributed by atoms with Gasteiger partial charge < -0.3 is 58.4 Å². The molecule has 3 aromatic rings. The van der Waals surface area contributed by atoms with Crippen LogP contribution in [0, 0.1) is 5.92 Å². The summed E-state index contributed by atoms with van der Waals surface area (Å²) in [5.41, 5.74) is -3.71. The molecule has 0 spiro atoms. The van der Waals surface area contributed by atoms with Crippen molar-refractivity contribution in [2.24, 2.45) is 5.92 Å². The highest BCUT2D eigenvalue weighted by molar-refractivity contribution is 6.01. The summed E-state index contributed by atoms with van der Waals surface area (Å²) in [6, 6.07) is 17.9. The van der Waals surface area contributed by atoms with Crippen LogP contribution in [-0.2, 0) is 44.6 Å². The third kappa shape index (κ3) is 5.77. The van der Waals surface area contributed by atoms with E-state index in [4.69, 9.17) is 38.0 Å². The van der Waals surface area contributed by atoms with Crippen molar-refractivity contribution in [3.05, 3.63) is 83.4 Å². The molecule has 53 heavy (non-hydrogen) atoms. The van der Waals surface area contributed by atoms with E-state index in [0.29, 0.717) is 21.9 Å². The predicted octanol–water partition coefficient (Wildman–Crippen LogP) is 1.01. The van der Waals surface area contributed by atoms with Crippen LogP contribution in [0.2, 0.25) is 0 Å². The molecule has 3 heterocycles. The minimum atomic E-state index is -2.46. The van der Waals surface area contributed by atoms with Crippen LogP contribution in [0.3, 0.4) is 0 Å². The maximum absolute atomic E-state index is 14.2. The zero-order valence-electron chi connectivity index (χ0n) is 28.9. The van der Waals surface area contributed by atoms with Crippen molar-refractivity contribution in [1.82, 2.24) is 5.06 Å². The van der Waals surface area contributed by atoms with Gasteiger partial charge in [-0.15, -0.1) is 5.06 Å². The van der Waals surface area contributed by atoms with Crippen LogP contribution >= 0.6 is 0 Å². The van der Waals surface area contributed by atoms with Gasteiger partial charge in [-0.2, -0.15) is 0 Å². The number of rotatable bonds is 11. The van der Waals surface area contributed by atoms with Gasteiger partial charge in [-0.1, -0.05) is 42.5 Å². The fraction of sp³-hybridized carbons (Fsp3) is 0.432. The lowest BCUT2D eigenvalue weighted by Crippen LogP contribution is -2.52. The Labute approximate surface area is 303 Å². The number of aliphatic hydroxyl groups excluding tert-OH is 3. The molecule has 1 saturated carbocycles. The van der Waals surface area contributed by atoms with Gasteiger partial charge in [0.15, 0.2) is 11.2 Å². The number of hydroxylamine groups is 2. The minimum Gasteiger partial charge on any atom is -0.497 e. The molecule has 1 unspecified atom stereocenters. The molecule has 16 nitrogen and oxygen atoms in total. The molecule has 3 aromatic carbocycles. The maximum atomic E-state index is 14.2. The Kier molecular flexibility index (Phi) is 9.79. The zero-order valence-corrected chi connectivity index (χ0v) is 28.9. The molecule has 0 bridgehead atoms. The molecule has 282 valence electrons. The average molecular weight is 738 g/mol. The Morgan fingerprint density at radius 1 is 0.962 bits per heavy atom. The fourth-order valence-corrected chi connectivity index (χ4v) is 7.78. The molecule has 4 aliphatic rings. The second kappa shape index (κ2) is 14.2. The van der Waals surface area contributed by atoms with Crippen molar-refractivity contribution >= 4 is 17.8 Å². The van der Waals surface area contributed by atoms with Gasteiger partial charge in [0.2, 0.25) is 6.29 Å². The van der Waals surface area contributed by atoms with E-state index >= 15 is 0 Å². The monoisotopic (exact) mass is 737 g/mol. The second-order valence-electron chi connectivity index (χ2n) is 13.0. The third-order valence-corrected chi connectivity index (χ3v) is 10.2. The number of hydrogen-bond donors (Lipinski definition) is 4. The van der Waals surface area contributed by atoms with Crippen LogP contribution in [0.4, 0.5) is 0 Å². The molecule has 0 aromatic heterocycles. The summed E-state index contributed by atoms with van der Waals surface area (Å²) in [4.78, 5) is 44.6. The second-order valence-corrected chi connectivity index (χ2v) is 13.0. The molecular formula is C37H39NO15. The molecule has 2 saturated heterocycles. The number of nitrogens with zero attached hydrogens (tertiary/aromatic N) is 1. The van der Waals surface area contributed by atoms with Crippen LogP contribution in [-0.4, -0.2) is 109 Å². The minimum absolute atomic E-state index is 0.00648. The fourth-order valence-electron chi connectivity index (χ4n) is 7.78. The molecule has 2 amide bonds. The highest BCUT2D eigenvalue weighted by Gasteiger charge is 2.78. The van der Waals surface area contributed by atoms with E-state index in [1.807, 2.05) is 0 Å². The van der Waals surface area contributed by atoms with E-state index in [-0.39, 0.29) is 42.3 Å². The van der Waals surface area contributed by atoms with Crippen molar-refractivity contribution < 1.29 is 72.8 Å². The van der Waals surface area contributed by atoms with Crippen LogP contribution < -0.4 is 18.9 Å². The van der Waals surface area contributed by atoms with E-state index < -0.39 is 78.3 Å². The number of carbonyl (C=O) groups is 3. The SMILES string of the molecule is COc1ccc([C@@]23Oc4cc(OC5O[C@@H]([C@H](O)CO)CO[C@H]5OC)cc(OC)c4[C@]2(O)[C@H](O)[C@H](C(=O)ON2C(=O)CCC2=O)[C@H]3c2ccccc2)cc1. The lowest BCUT2D eigenvalue weighted by Gasteiger charge is -2.40. The molecule has 4 N–H and O–H groups in total. The Morgan fingerprint density at radius 2 is 1.66 bits per heavy atom. The van der Waals surface area contributed by atoms with Crippen molar-refractivity contribution in [2.45, 2.75) is 60.9 Å². The predicted molar refractivity (Wildman–Crippen MR) is 177 cm³/mol. The number of fused-ring (bicyclic) bond motifs is 3. The van der Waals surface area contributed by atoms with Gasteiger partial charge in [0.25, 0.3) is 18.1 Å². The number of ether oxygens (including phenoxy) is 7. The first-order chi connectivity index (χ1) is 25.5. The molecule has 3 fully saturated rings. The average Bonchev–Trinajstić information content (AvgIpc) is 3.71. The summed E-state index contributed by atoms with van der Waals surface area (Å²) >= 11 is 0. The van der Waals surface area contributed by atoms with E-state index in [0.717, 1.165) is 0 Å². The van der Waals surface area contributed by atoms with E-state index in [9.17, 15) is 34.8 Å². The first kappa shape index (κ1) is 36.5. The molecule has 16 heteroatoms. The van der Waals surface area contributed by atoms with Crippen LogP contribution in [0.1, 0.15) is 35.4 Å². The largest absolute Gasteiger partial charge is 0.497 e. The number of benzene rings is 3. The summed E-state index contributed by atoms with van der Waals surface area (Å²) in [6.45, 7) is -0.675. The van der Waals surface area contributed by atoms with Gasteiger partial charge in [-0.05, 0) is 23.3 Å². The standard InChI is InChI=1S/C37H39NO15/c1-46-21-11-9-20(10-12-21)37-30(19-7-5-4-6-8-19)29(33(44)53-38-27(41)13-14-28(38)42)32(43)36(37,45)31-24(47-2)15-22(16-25(31)52-37)50-35-34(48-3)49-18-26(51-35)23(40)17-39/h4-12,15-16,23,26,29-30,32,34-35,39-40,43,45H,13-14,17-18H2,1-3H3/t23-,26-,29-,30-,32-,34-,35?,36+,37+/m1/s1. The number of carbonyl (C=O) groups excluding carboxylic acids is 3. The smallest absolute Gasteiger partial charge is 0.339 e. The first-order valence-electron chi connectivity index (χ1n) is 16.9. The van der Waals surface area contributed by atoms with Crippen molar-refractivity contribution in [3.8, 4) is 23.0 Å². The lowest BCUT2D eigenvalue weighted by atomic mass is 9.70. The Hall–Kier alpha value is -4.81. The number of methoxy groups -OCH3 is 3. The first-order valence-corrected chi connectivity index (χ1v) is 16.9. The van der Waals surface area contributed by atoms with E-state index in [1.54, 1.807) is 54.6 Å². The van der Waals surface area contributed by atoms with Gasteiger partial charge in [0, 0.05) is 38.0 Å². The Bertz CT molecular complexity index is 1840. The normalized spacial score (nSPS) is 31.0. The van der Waals surface area contributed by atoms with E-state index in [1.165, 1.54) is 33.5 Å². The van der Waals surface area contributed by atoms with E-state index in [2.05, 4.69) is 0 Å². The van der Waals surface area contributed by atoms with Crippen LogP contribution in [0.15, 0.2) is 66.7 Å². The zero-order chi connectivity index (χ0) is 37.7. The van der Waals surface area contributed by atoms with Gasteiger partial charge in [0.05, 0.1) is 38.9 Å².